The number of piperidine rings is 1. The molecule has 0 aliphatic carbocycles. The second-order valence-electron chi connectivity index (χ2n) is 8.53. The monoisotopic (exact) mass is 514 g/mol. The van der Waals surface area contributed by atoms with Gasteiger partial charge in [0.15, 0.2) is 11.0 Å². The van der Waals surface area contributed by atoms with Gasteiger partial charge in [-0.2, -0.15) is 13.2 Å². The second-order valence-corrected chi connectivity index (χ2v) is 8.89. The number of nitrogens with zero attached hydrogens (tertiary/aromatic N) is 3. The van der Waals surface area contributed by atoms with Gasteiger partial charge in [0.2, 0.25) is 0 Å². The molecule has 1 amide bonds. The highest BCUT2D eigenvalue weighted by atomic mass is 35.5. The van der Waals surface area contributed by atoms with Crippen LogP contribution in [0.4, 0.5) is 19.0 Å². The van der Waals surface area contributed by atoms with E-state index in [1.807, 2.05) is 13.0 Å². The normalized spacial score (nSPS) is 18.3. The Morgan fingerprint density at radius 1 is 1.26 bits per heavy atom. The topological polar surface area (TPSA) is 93.5 Å². The van der Waals surface area contributed by atoms with Crippen molar-refractivity contribution in [3.8, 4) is 0 Å². The smallest absolute Gasteiger partial charge is 0.459 e. The van der Waals surface area contributed by atoms with Crippen LogP contribution in [0.1, 0.15) is 31.0 Å². The summed E-state index contributed by atoms with van der Waals surface area (Å²) in [5.74, 6) is -2.71. The third-order valence-electron chi connectivity index (χ3n) is 5.88. The number of halogens is 4. The largest absolute Gasteiger partial charge is 0.471 e. The Kier molecular flexibility index (Phi) is 8.42. The van der Waals surface area contributed by atoms with Crippen molar-refractivity contribution in [3.63, 3.8) is 0 Å². The summed E-state index contributed by atoms with van der Waals surface area (Å²) in [5, 5.41) is 2.68. The summed E-state index contributed by atoms with van der Waals surface area (Å²) in [6, 6.07) is 8.21. The number of ether oxygens (including phenoxy) is 1. The van der Waals surface area contributed by atoms with Gasteiger partial charge in [-0.25, -0.2) is 4.98 Å². The Morgan fingerprint density at radius 3 is 2.60 bits per heavy atom. The van der Waals surface area contributed by atoms with Gasteiger partial charge < -0.3 is 15.0 Å². The van der Waals surface area contributed by atoms with Crippen LogP contribution in [-0.2, 0) is 27.5 Å². The number of alkyl halides is 3. The number of anilines is 1. The lowest BCUT2D eigenvalue weighted by atomic mass is 9.92. The third-order valence-corrected chi connectivity index (χ3v) is 6.24. The molecule has 0 saturated carbocycles. The number of carbonyl (C=O) groups is 2. The summed E-state index contributed by atoms with van der Waals surface area (Å²) in [6.45, 7) is 2.83. The van der Waals surface area contributed by atoms with Gasteiger partial charge in [-0.1, -0.05) is 48.9 Å². The molecule has 1 aliphatic rings. The van der Waals surface area contributed by atoms with Gasteiger partial charge in [-0.15, -0.1) is 0 Å². The van der Waals surface area contributed by atoms with E-state index < -0.39 is 36.2 Å². The van der Waals surface area contributed by atoms with Crippen molar-refractivity contribution in [2.45, 2.75) is 52.1 Å². The lowest BCUT2D eigenvalue weighted by molar-refractivity contribution is -0.189. The number of carbonyl (C=O) groups excluding carboxylic acids is 2. The summed E-state index contributed by atoms with van der Waals surface area (Å²) in [4.78, 5) is 42.0. The van der Waals surface area contributed by atoms with E-state index in [2.05, 4.69) is 10.3 Å². The van der Waals surface area contributed by atoms with Crippen molar-refractivity contribution in [3.05, 3.63) is 57.1 Å². The molecule has 190 valence electrons. The zero-order chi connectivity index (χ0) is 25.8. The van der Waals surface area contributed by atoms with Gasteiger partial charge in [0.1, 0.15) is 13.2 Å². The van der Waals surface area contributed by atoms with E-state index in [0.717, 1.165) is 15.0 Å². The number of hydrogen-bond donors (Lipinski definition) is 1. The van der Waals surface area contributed by atoms with Crippen molar-refractivity contribution in [2.24, 2.45) is 5.92 Å². The number of rotatable bonds is 7. The fourth-order valence-corrected chi connectivity index (χ4v) is 4.11. The highest BCUT2D eigenvalue weighted by molar-refractivity contribution is 6.30. The molecule has 2 atom stereocenters. The van der Waals surface area contributed by atoms with E-state index in [4.69, 9.17) is 16.3 Å². The zero-order valence-electron chi connectivity index (χ0n) is 19.3. The maximum Gasteiger partial charge on any atom is 0.471 e. The van der Waals surface area contributed by atoms with Gasteiger partial charge in [0, 0.05) is 19.1 Å². The number of benzene rings is 1. The van der Waals surface area contributed by atoms with Gasteiger partial charge in [-0.05, 0) is 31.2 Å². The Labute approximate surface area is 205 Å². The number of esters is 1. The van der Waals surface area contributed by atoms with E-state index in [1.165, 1.54) is 6.92 Å². The SMILES string of the molecule is Cc1c(Cl)nc(NC[C@H]2CC(C)CCN2C(=O)C(F)(F)F)c(=O)n1CC(=O)OCc1ccccc1. The summed E-state index contributed by atoms with van der Waals surface area (Å²) < 4.78 is 45.4. The number of nitrogens with one attached hydrogen (secondary N) is 1. The molecule has 0 spiro atoms. The van der Waals surface area contributed by atoms with Crippen LogP contribution in [0.2, 0.25) is 5.15 Å². The number of likely N-dealkylation sites (tertiary alicyclic amines) is 1. The van der Waals surface area contributed by atoms with Crippen LogP contribution in [0.3, 0.4) is 0 Å². The first kappa shape index (κ1) is 26.5. The van der Waals surface area contributed by atoms with Crippen molar-refractivity contribution in [1.82, 2.24) is 14.5 Å². The van der Waals surface area contributed by atoms with Crippen LogP contribution >= 0.6 is 11.6 Å². The molecule has 1 aliphatic heterocycles. The van der Waals surface area contributed by atoms with Gasteiger partial charge in [0.05, 0.1) is 5.69 Å². The lowest BCUT2D eigenvalue weighted by Gasteiger charge is -2.38. The van der Waals surface area contributed by atoms with E-state index >= 15 is 0 Å². The van der Waals surface area contributed by atoms with Crippen molar-refractivity contribution >= 4 is 29.3 Å². The Balaban J connectivity index is 1.73. The maximum absolute atomic E-state index is 13.0. The third kappa shape index (κ3) is 6.74. The molecule has 1 aromatic heterocycles. The van der Waals surface area contributed by atoms with Crippen molar-refractivity contribution in [2.75, 3.05) is 18.4 Å². The average molecular weight is 515 g/mol. The van der Waals surface area contributed by atoms with Gasteiger partial charge in [-0.3, -0.25) is 19.0 Å². The van der Waals surface area contributed by atoms with Crippen molar-refractivity contribution < 1.29 is 27.5 Å². The minimum atomic E-state index is -4.99. The summed E-state index contributed by atoms with van der Waals surface area (Å²) >= 11 is 6.15. The molecule has 1 saturated heterocycles. The molecule has 35 heavy (non-hydrogen) atoms. The molecular formula is C23H26ClF3N4O4. The molecule has 12 heteroatoms. The number of aromatic nitrogens is 2. The highest BCUT2D eigenvalue weighted by Crippen LogP contribution is 2.28. The molecule has 1 N–H and O–H groups in total. The standard InChI is InChI=1S/C23H26ClF3N4O4/c1-14-8-9-30(22(34)23(25,26)27)17(10-14)11-28-20-21(33)31(15(2)19(24)29-20)12-18(32)35-13-16-6-4-3-5-7-16/h3-7,14,17H,8-13H2,1-2H3,(H,28,29)/t14?,17-/m1/s1. The Morgan fingerprint density at radius 2 is 1.94 bits per heavy atom. The molecule has 0 radical (unpaired) electrons. The van der Waals surface area contributed by atoms with E-state index in [1.54, 1.807) is 24.3 Å². The van der Waals surface area contributed by atoms with E-state index in [0.29, 0.717) is 12.8 Å². The minimum absolute atomic E-state index is 0.0281. The molecule has 8 nitrogen and oxygen atoms in total. The fourth-order valence-electron chi connectivity index (χ4n) is 3.93. The summed E-state index contributed by atoms with van der Waals surface area (Å²) in [6.07, 6.45) is -4.21. The molecule has 2 aromatic rings. The summed E-state index contributed by atoms with van der Waals surface area (Å²) in [5.41, 5.74) is 0.333. The van der Waals surface area contributed by atoms with Crippen molar-refractivity contribution in [1.29, 1.82) is 0 Å². The molecule has 0 bridgehead atoms. The predicted octanol–water partition coefficient (Wildman–Crippen LogP) is 3.55. The quantitative estimate of drug-likeness (QED) is 0.568. The minimum Gasteiger partial charge on any atom is -0.459 e. The van der Waals surface area contributed by atoms with Crippen LogP contribution in [0.5, 0.6) is 0 Å². The van der Waals surface area contributed by atoms with Crippen LogP contribution in [-0.4, -0.2) is 51.6 Å². The molecule has 3 rings (SSSR count). The maximum atomic E-state index is 13.0. The second kappa shape index (κ2) is 11.1. The molecule has 1 aromatic carbocycles. The predicted molar refractivity (Wildman–Crippen MR) is 123 cm³/mol. The molecule has 1 fully saturated rings. The fraction of sp³-hybridized carbons (Fsp3) is 0.478. The molecular weight excluding hydrogens is 489 g/mol. The van der Waals surface area contributed by atoms with E-state index in [-0.39, 0.29) is 42.3 Å². The van der Waals surface area contributed by atoms with Crippen LogP contribution < -0.4 is 10.9 Å². The Bertz CT molecular complexity index is 1120. The van der Waals surface area contributed by atoms with Crippen LogP contribution in [0.25, 0.3) is 0 Å². The van der Waals surface area contributed by atoms with E-state index in [9.17, 15) is 27.6 Å². The first-order valence-corrected chi connectivity index (χ1v) is 11.4. The van der Waals surface area contributed by atoms with Crippen LogP contribution in [0, 0.1) is 12.8 Å². The Hall–Kier alpha value is -3.08. The first-order chi connectivity index (χ1) is 16.5. The lowest BCUT2D eigenvalue weighted by Crippen LogP contribution is -2.53. The zero-order valence-corrected chi connectivity index (χ0v) is 20.0. The van der Waals surface area contributed by atoms with Gasteiger partial charge in [0.25, 0.3) is 5.56 Å². The number of amides is 1. The number of hydrogen-bond acceptors (Lipinski definition) is 6. The summed E-state index contributed by atoms with van der Waals surface area (Å²) in [7, 11) is 0. The molecule has 2 heterocycles. The van der Waals surface area contributed by atoms with Crippen LogP contribution in [0.15, 0.2) is 35.1 Å². The average Bonchev–Trinajstić information content (AvgIpc) is 2.81. The van der Waals surface area contributed by atoms with Gasteiger partial charge >= 0.3 is 18.1 Å². The highest BCUT2D eigenvalue weighted by Gasteiger charge is 2.45. The molecule has 1 unspecified atom stereocenters. The first-order valence-electron chi connectivity index (χ1n) is 11.1.